The second-order valence-electron chi connectivity index (χ2n) is 6.87. The van der Waals surface area contributed by atoms with Crippen LogP contribution in [0, 0.1) is 17.7 Å². The number of amides is 1. The van der Waals surface area contributed by atoms with Crippen LogP contribution in [-0.4, -0.2) is 46.9 Å². The lowest BCUT2D eigenvalue weighted by atomic mass is 10.1. The Morgan fingerprint density at radius 1 is 1.52 bits per heavy atom. The number of pyridine rings is 1. The van der Waals surface area contributed by atoms with E-state index in [1.54, 1.807) is 4.90 Å². The van der Waals surface area contributed by atoms with Gasteiger partial charge in [0, 0.05) is 0 Å². The number of rotatable bonds is 1. The number of nitrogens with two attached hydrogens (primary N) is 1. The molecule has 1 fully saturated rings. The number of morpholine rings is 1. The molecule has 7 heteroatoms. The van der Waals surface area contributed by atoms with E-state index >= 15 is 0 Å². The standard InChI is InChI=1S/C18H24FN3O3/c1-5-12-11-24-13(10-22(12)17(23)25-18(2,3)4)6-7-14-15(19)8-21-9-16(14)20/h8-9,12-13H,5,10-11,20H2,1-4H3/t12-,13-/m1/s1. The zero-order valence-electron chi connectivity index (χ0n) is 15.0. The molecule has 6 nitrogen and oxygen atoms in total. The van der Waals surface area contributed by atoms with Crippen molar-refractivity contribution in [2.75, 3.05) is 18.9 Å². The van der Waals surface area contributed by atoms with Crippen molar-refractivity contribution in [2.24, 2.45) is 0 Å². The first kappa shape index (κ1) is 19.0. The van der Waals surface area contributed by atoms with Crippen LogP contribution in [-0.2, 0) is 9.47 Å². The van der Waals surface area contributed by atoms with Gasteiger partial charge in [-0.25, -0.2) is 9.18 Å². The van der Waals surface area contributed by atoms with E-state index in [1.165, 1.54) is 6.20 Å². The lowest BCUT2D eigenvalue weighted by molar-refractivity contribution is -0.0519. The molecule has 1 aliphatic rings. The van der Waals surface area contributed by atoms with Gasteiger partial charge < -0.3 is 15.2 Å². The van der Waals surface area contributed by atoms with Gasteiger partial charge in [-0.05, 0) is 27.2 Å². The van der Waals surface area contributed by atoms with Crippen LogP contribution in [0.2, 0.25) is 0 Å². The van der Waals surface area contributed by atoms with E-state index in [2.05, 4.69) is 16.8 Å². The van der Waals surface area contributed by atoms with Gasteiger partial charge in [0.25, 0.3) is 0 Å². The van der Waals surface area contributed by atoms with Gasteiger partial charge in [0.05, 0.1) is 42.8 Å². The van der Waals surface area contributed by atoms with E-state index in [9.17, 15) is 9.18 Å². The van der Waals surface area contributed by atoms with Crippen molar-refractivity contribution in [1.82, 2.24) is 9.88 Å². The van der Waals surface area contributed by atoms with Crippen LogP contribution in [0.5, 0.6) is 0 Å². The highest BCUT2D eigenvalue weighted by molar-refractivity contribution is 5.69. The van der Waals surface area contributed by atoms with E-state index in [-0.39, 0.29) is 23.8 Å². The van der Waals surface area contributed by atoms with Crippen molar-refractivity contribution in [2.45, 2.75) is 51.9 Å². The summed E-state index contributed by atoms with van der Waals surface area (Å²) >= 11 is 0. The Labute approximate surface area is 147 Å². The third-order valence-corrected chi connectivity index (χ3v) is 3.68. The molecule has 1 aliphatic heterocycles. The number of carbonyl (C=O) groups excluding carboxylic acids is 1. The largest absolute Gasteiger partial charge is 0.444 e. The number of aromatic nitrogens is 1. The molecule has 0 aromatic carbocycles. The number of nitrogens with zero attached hydrogens (tertiary/aromatic N) is 2. The molecule has 0 bridgehead atoms. The molecule has 0 aliphatic carbocycles. The molecule has 136 valence electrons. The Morgan fingerprint density at radius 2 is 2.24 bits per heavy atom. The van der Waals surface area contributed by atoms with Crippen LogP contribution in [0.3, 0.4) is 0 Å². The number of carbonyl (C=O) groups is 1. The maximum atomic E-state index is 13.7. The Bertz CT molecular complexity index is 671. The quantitative estimate of drug-likeness (QED) is 0.789. The Hall–Kier alpha value is -2.33. The number of hydrogen-bond donors (Lipinski definition) is 1. The minimum Gasteiger partial charge on any atom is -0.444 e. The Kier molecular flexibility index (Phi) is 5.85. The number of nitrogen functional groups attached to an aromatic ring is 1. The molecule has 0 radical (unpaired) electrons. The zero-order chi connectivity index (χ0) is 18.6. The van der Waals surface area contributed by atoms with Crippen molar-refractivity contribution in [3.63, 3.8) is 0 Å². The molecule has 2 atom stereocenters. The van der Waals surface area contributed by atoms with E-state index in [1.807, 2.05) is 27.7 Å². The number of ether oxygens (including phenoxy) is 2. The normalized spacial score (nSPS) is 20.6. The lowest BCUT2D eigenvalue weighted by Gasteiger charge is -2.38. The van der Waals surface area contributed by atoms with Gasteiger partial charge in [0.2, 0.25) is 0 Å². The first-order chi connectivity index (χ1) is 11.7. The maximum Gasteiger partial charge on any atom is 0.410 e. The molecule has 0 spiro atoms. The SMILES string of the molecule is CC[C@@H]1CO[C@H](C#Cc2c(N)cncc2F)CN1C(=O)OC(C)(C)C. The van der Waals surface area contributed by atoms with E-state index in [4.69, 9.17) is 15.2 Å². The molecule has 2 N–H and O–H groups in total. The van der Waals surface area contributed by atoms with Gasteiger partial charge in [-0.1, -0.05) is 18.8 Å². The summed E-state index contributed by atoms with van der Waals surface area (Å²) < 4.78 is 24.9. The Morgan fingerprint density at radius 3 is 2.84 bits per heavy atom. The topological polar surface area (TPSA) is 77.7 Å². The van der Waals surface area contributed by atoms with E-state index < -0.39 is 23.6 Å². The minimum atomic E-state index is -0.584. The van der Waals surface area contributed by atoms with Crippen LogP contribution in [0.15, 0.2) is 12.4 Å². The number of halogens is 1. The summed E-state index contributed by atoms with van der Waals surface area (Å²) in [7, 11) is 0. The zero-order valence-corrected chi connectivity index (χ0v) is 15.0. The summed E-state index contributed by atoms with van der Waals surface area (Å²) in [4.78, 5) is 17.7. The summed E-state index contributed by atoms with van der Waals surface area (Å²) in [6.07, 6.45) is 2.20. The van der Waals surface area contributed by atoms with Crippen LogP contribution >= 0.6 is 0 Å². The van der Waals surface area contributed by atoms with Crippen molar-refractivity contribution >= 4 is 11.8 Å². The average molecular weight is 349 g/mol. The van der Waals surface area contributed by atoms with E-state index in [0.29, 0.717) is 6.61 Å². The molecule has 2 rings (SSSR count). The fraction of sp³-hybridized carbons (Fsp3) is 0.556. The van der Waals surface area contributed by atoms with Crippen molar-refractivity contribution in [1.29, 1.82) is 0 Å². The highest BCUT2D eigenvalue weighted by Crippen LogP contribution is 2.19. The number of anilines is 1. The summed E-state index contributed by atoms with van der Waals surface area (Å²) in [5.41, 5.74) is 5.36. The molecule has 1 amide bonds. The summed E-state index contributed by atoms with van der Waals surface area (Å²) in [5.74, 6) is 4.96. The highest BCUT2D eigenvalue weighted by Gasteiger charge is 2.33. The molecule has 0 unspecified atom stereocenters. The van der Waals surface area contributed by atoms with Crippen LogP contribution in [0.25, 0.3) is 0 Å². The van der Waals surface area contributed by atoms with Crippen molar-refractivity contribution in [3.8, 4) is 11.8 Å². The second kappa shape index (κ2) is 7.70. The van der Waals surface area contributed by atoms with Crippen molar-refractivity contribution < 1.29 is 18.7 Å². The monoisotopic (exact) mass is 349 g/mol. The minimum absolute atomic E-state index is 0.0735. The van der Waals surface area contributed by atoms with Gasteiger partial charge in [-0.2, -0.15) is 0 Å². The fourth-order valence-corrected chi connectivity index (χ4v) is 2.40. The first-order valence-corrected chi connectivity index (χ1v) is 8.23. The lowest BCUT2D eigenvalue weighted by Crippen LogP contribution is -2.53. The smallest absolute Gasteiger partial charge is 0.410 e. The summed E-state index contributed by atoms with van der Waals surface area (Å²) in [6.45, 7) is 8.04. The van der Waals surface area contributed by atoms with E-state index in [0.717, 1.165) is 12.6 Å². The van der Waals surface area contributed by atoms with Gasteiger partial charge in [-0.3, -0.25) is 9.88 Å². The molecule has 1 saturated heterocycles. The fourth-order valence-electron chi connectivity index (χ4n) is 2.40. The molecular formula is C18H24FN3O3. The van der Waals surface area contributed by atoms with Crippen molar-refractivity contribution in [3.05, 3.63) is 23.8 Å². The van der Waals surface area contributed by atoms with Gasteiger partial charge in [0.15, 0.2) is 5.82 Å². The predicted molar refractivity (Wildman–Crippen MR) is 92.2 cm³/mol. The molecule has 25 heavy (non-hydrogen) atoms. The highest BCUT2D eigenvalue weighted by atomic mass is 19.1. The molecular weight excluding hydrogens is 325 g/mol. The van der Waals surface area contributed by atoms with Crippen LogP contribution in [0.1, 0.15) is 39.7 Å². The van der Waals surface area contributed by atoms with Crippen LogP contribution < -0.4 is 5.73 Å². The Balaban J connectivity index is 2.15. The molecule has 0 saturated carbocycles. The summed E-state index contributed by atoms with van der Waals surface area (Å²) in [5, 5.41) is 0. The first-order valence-electron chi connectivity index (χ1n) is 8.23. The van der Waals surface area contributed by atoms with Crippen LogP contribution in [0.4, 0.5) is 14.9 Å². The third kappa shape index (κ3) is 5.07. The second-order valence-corrected chi connectivity index (χ2v) is 6.87. The van der Waals surface area contributed by atoms with Gasteiger partial charge >= 0.3 is 6.09 Å². The predicted octanol–water partition coefficient (Wildman–Crippen LogP) is 2.57. The average Bonchev–Trinajstić information content (AvgIpc) is 2.52. The van der Waals surface area contributed by atoms with Gasteiger partial charge in [0.1, 0.15) is 11.7 Å². The molecule has 1 aromatic rings. The maximum absolute atomic E-state index is 13.7. The summed E-state index contributed by atoms with van der Waals surface area (Å²) in [6, 6.07) is -0.0735. The molecule has 1 aromatic heterocycles. The third-order valence-electron chi connectivity index (χ3n) is 3.68. The molecule has 2 heterocycles. The van der Waals surface area contributed by atoms with Gasteiger partial charge in [-0.15, -0.1) is 0 Å². The number of hydrogen-bond acceptors (Lipinski definition) is 5.